The van der Waals surface area contributed by atoms with Gasteiger partial charge in [-0.15, -0.1) is 18.3 Å². The highest BCUT2D eigenvalue weighted by molar-refractivity contribution is 6.00. The van der Waals surface area contributed by atoms with Crippen LogP contribution < -0.4 is 15.8 Å². The molecule has 1 atom stereocenters. The Kier molecular flexibility index (Phi) is 3.91. The highest BCUT2D eigenvalue weighted by Crippen LogP contribution is 2.45. The Labute approximate surface area is 158 Å². The summed E-state index contributed by atoms with van der Waals surface area (Å²) in [6.07, 6.45) is -3.78. The molecule has 2 aliphatic rings. The number of nitrogens with zero attached hydrogens (tertiary/aromatic N) is 3. The maximum Gasteiger partial charge on any atom is 0.573 e. The van der Waals surface area contributed by atoms with Gasteiger partial charge in [0, 0.05) is 17.7 Å². The highest BCUT2D eigenvalue weighted by Gasteiger charge is 2.41. The third kappa shape index (κ3) is 3.30. The topological polar surface area (TPSA) is 95.1 Å². The number of aromatic nitrogens is 3. The zero-order valence-corrected chi connectivity index (χ0v) is 15.2. The van der Waals surface area contributed by atoms with Gasteiger partial charge >= 0.3 is 6.36 Å². The Balaban J connectivity index is 1.79. The average Bonchev–Trinajstić information content (AvgIpc) is 2.91. The first-order valence-corrected chi connectivity index (χ1v) is 8.63. The number of allylic oxidation sites excluding steroid dienone is 2. The number of ketones is 1. The number of carbonyl (C=O) groups excluding carboxylic acids is 1. The van der Waals surface area contributed by atoms with E-state index in [2.05, 4.69) is 20.1 Å². The number of nitrogens with two attached hydrogens (primary N) is 1. The smallest absolute Gasteiger partial charge is 0.406 e. The first-order chi connectivity index (χ1) is 13.0. The van der Waals surface area contributed by atoms with Gasteiger partial charge in [0.25, 0.3) is 0 Å². The lowest BCUT2D eigenvalue weighted by Crippen LogP contribution is -2.36. The molecule has 3 N–H and O–H groups in total. The number of fused-ring (bicyclic) bond motifs is 1. The summed E-state index contributed by atoms with van der Waals surface area (Å²) in [7, 11) is 0. The minimum Gasteiger partial charge on any atom is -0.406 e. The van der Waals surface area contributed by atoms with Gasteiger partial charge in [-0.05, 0) is 29.5 Å². The molecule has 10 heteroatoms. The molecule has 0 amide bonds. The van der Waals surface area contributed by atoms with E-state index < -0.39 is 12.4 Å². The van der Waals surface area contributed by atoms with E-state index in [4.69, 9.17) is 5.73 Å². The van der Waals surface area contributed by atoms with Crippen LogP contribution in [0, 0.1) is 5.41 Å². The number of nitrogen functional groups attached to an aromatic ring is 1. The first kappa shape index (κ1) is 18.3. The Hall–Kier alpha value is -3.04. The van der Waals surface area contributed by atoms with Gasteiger partial charge in [-0.3, -0.25) is 4.79 Å². The van der Waals surface area contributed by atoms with Gasteiger partial charge < -0.3 is 15.8 Å². The molecule has 0 bridgehead atoms. The molecule has 2 aromatic rings. The van der Waals surface area contributed by atoms with E-state index in [1.54, 1.807) is 0 Å². The number of ether oxygens (including phenoxy) is 1. The molecule has 1 aliphatic heterocycles. The van der Waals surface area contributed by atoms with Crippen LogP contribution in [0.3, 0.4) is 0 Å². The fourth-order valence-corrected chi connectivity index (χ4v) is 3.79. The predicted octanol–water partition coefficient (Wildman–Crippen LogP) is 3.42. The zero-order valence-electron chi connectivity index (χ0n) is 15.2. The van der Waals surface area contributed by atoms with Gasteiger partial charge in [0.05, 0.1) is 0 Å². The van der Waals surface area contributed by atoms with E-state index in [1.165, 1.54) is 28.9 Å². The second-order valence-corrected chi connectivity index (χ2v) is 7.72. The Bertz CT molecular complexity index is 976. The molecule has 0 saturated carbocycles. The SMILES string of the molecule is CC1(C)CC(=O)C2=C(C1)Nc1nc(N)nn1[C@H]2c1ccc(OC(F)(F)F)cc1. The quantitative estimate of drug-likeness (QED) is 0.812. The number of Topliss-reactive ketones (excluding diaryl/α,β-unsaturated/α-hetero) is 1. The summed E-state index contributed by atoms with van der Waals surface area (Å²) in [6.45, 7) is 4.00. The van der Waals surface area contributed by atoms with Crippen molar-refractivity contribution in [2.24, 2.45) is 5.41 Å². The van der Waals surface area contributed by atoms with Crippen molar-refractivity contribution in [3.63, 3.8) is 0 Å². The first-order valence-electron chi connectivity index (χ1n) is 8.63. The minimum atomic E-state index is -4.77. The van der Waals surface area contributed by atoms with Crippen LogP contribution in [-0.4, -0.2) is 26.9 Å². The van der Waals surface area contributed by atoms with Crippen LogP contribution in [0.1, 0.15) is 38.3 Å². The van der Waals surface area contributed by atoms with Gasteiger partial charge in [-0.2, -0.15) is 4.98 Å². The molecule has 1 aromatic carbocycles. The molecule has 2 heterocycles. The van der Waals surface area contributed by atoms with Crippen LogP contribution >= 0.6 is 0 Å². The Morgan fingerprint density at radius 2 is 1.93 bits per heavy atom. The molecule has 1 aromatic heterocycles. The van der Waals surface area contributed by atoms with Crippen molar-refractivity contribution in [2.45, 2.75) is 39.1 Å². The molecule has 7 nitrogen and oxygen atoms in total. The Morgan fingerprint density at radius 3 is 2.57 bits per heavy atom. The maximum atomic E-state index is 12.9. The summed E-state index contributed by atoms with van der Waals surface area (Å²) in [4.78, 5) is 17.1. The molecule has 0 radical (unpaired) electrons. The van der Waals surface area contributed by atoms with Gasteiger partial charge in [0.2, 0.25) is 11.9 Å². The molecule has 0 spiro atoms. The van der Waals surface area contributed by atoms with Gasteiger partial charge in [-0.25, -0.2) is 4.68 Å². The number of hydrogen-bond acceptors (Lipinski definition) is 6. The highest BCUT2D eigenvalue weighted by atomic mass is 19.4. The fraction of sp³-hybridized carbons (Fsp3) is 0.389. The minimum absolute atomic E-state index is 0.0380. The van der Waals surface area contributed by atoms with Crippen molar-refractivity contribution in [3.8, 4) is 5.75 Å². The van der Waals surface area contributed by atoms with Crippen LogP contribution in [0.4, 0.5) is 25.1 Å². The lowest BCUT2D eigenvalue weighted by Gasteiger charge is -2.38. The molecule has 0 fully saturated rings. The van der Waals surface area contributed by atoms with Crippen molar-refractivity contribution < 1.29 is 22.7 Å². The largest absolute Gasteiger partial charge is 0.573 e. The molecule has 28 heavy (non-hydrogen) atoms. The number of halogens is 3. The van der Waals surface area contributed by atoms with Gasteiger partial charge in [0.15, 0.2) is 5.78 Å². The molecule has 0 saturated heterocycles. The molecule has 1 aliphatic carbocycles. The number of nitrogens with one attached hydrogen (secondary N) is 1. The van der Waals surface area contributed by atoms with Crippen LogP contribution in [0.2, 0.25) is 0 Å². The summed E-state index contributed by atoms with van der Waals surface area (Å²) < 4.78 is 42.7. The van der Waals surface area contributed by atoms with Crippen LogP contribution in [0.25, 0.3) is 0 Å². The van der Waals surface area contributed by atoms with Crippen LogP contribution in [-0.2, 0) is 4.79 Å². The number of hydrogen-bond donors (Lipinski definition) is 2. The molecular formula is C18H18F3N5O2. The summed E-state index contributed by atoms with van der Waals surface area (Å²) in [6, 6.07) is 4.76. The number of anilines is 2. The van der Waals surface area contributed by atoms with E-state index >= 15 is 0 Å². The number of carbonyl (C=O) groups is 1. The number of rotatable bonds is 2. The van der Waals surface area contributed by atoms with Crippen molar-refractivity contribution in [1.29, 1.82) is 0 Å². The summed E-state index contributed by atoms with van der Waals surface area (Å²) >= 11 is 0. The normalized spacial score (nSPS) is 21.0. The third-order valence-corrected chi connectivity index (χ3v) is 4.78. The average molecular weight is 393 g/mol. The van der Waals surface area contributed by atoms with E-state index in [0.29, 0.717) is 29.9 Å². The zero-order chi connectivity index (χ0) is 20.3. The summed E-state index contributed by atoms with van der Waals surface area (Å²) in [5.41, 5.74) is 7.37. The summed E-state index contributed by atoms with van der Waals surface area (Å²) in [5, 5.41) is 7.32. The predicted molar refractivity (Wildman–Crippen MR) is 94.4 cm³/mol. The number of benzene rings is 1. The van der Waals surface area contributed by atoms with Crippen LogP contribution in [0.15, 0.2) is 35.5 Å². The van der Waals surface area contributed by atoms with Crippen molar-refractivity contribution in [1.82, 2.24) is 14.8 Å². The third-order valence-electron chi connectivity index (χ3n) is 4.78. The van der Waals surface area contributed by atoms with Gasteiger partial charge in [-0.1, -0.05) is 26.0 Å². The van der Waals surface area contributed by atoms with Crippen LogP contribution in [0.5, 0.6) is 5.75 Å². The maximum absolute atomic E-state index is 12.9. The molecule has 4 rings (SSSR count). The van der Waals surface area contributed by atoms with Gasteiger partial charge in [0.1, 0.15) is 11.8 Å². The standard InChI is InChI=1S/C18H18F3N5O2/c1-17(2)7-11-13(12(27)8-17)14(26-16(23-11)24-15(22)25-26)9-3-5-10(6-4-9)28-18(19,20)21/h3-6,14H,7-8H2,1-2H3,(H3,22,23,24,25)/t14-/m0/s1. The second kappa shape index (κ2) is 5.98. The molecule has 0 unspecified atom stereocenters. The fourth-order valence-electron chi connectivity index (χ4n) is 3.79. The second-order valence-electron chi connectivity index (χ2n) is 7.72. The van der Waals surface area contributed by atoms with E-state index in [9.17, 15) is 18.0 Å². The Morgan fingerprint density at radius 1 is 1.25 bits per heavy atom. The van der Waals surface area contributed by atoms with Crippen molar-refractivity contribution >= 4 is 17.7 Å². The number of alkyl halides is 3. The molecular weight excluding hydrogens is 375 g/mol. The lowest BCUT2D eigenvalue weighted by molar-refractivity contribution is -0.274. The van der Waals surface area contributed by atoms with E-state index in [-0.39, 0.29) is 22.9 Å². The summed E-state index contributed by atoms with van der Waals surface area (Å²) in [5.74, 6) is 0.0476. The van der Waals surface area contributed by atoms with E-state index in [1.807, 2.05) is 13.8 Å². The van der Waals surface area contributed by atoms with E-state index in [0.717, 1.165) is 5.70 Å². The monoisotopic (exact) mass is 393 g/mol. The van der Waals surface area contributed by atoms with Crippen molar-refractivity contribution in [3.05, 3.63) is 41.1 Å². The van der Waals surface area contributed by atoms with Crippen molar-refractivity contribution in [2.75, 3.05) is 11.1 Å². The molecule has 148 valence electrons. The lowest BCUT2D eigenvalue weighted by atomic mass is 9.73.